The maximum absolute atomic E-state index is 11.1. The van der Waals surface area contributed by atoms with Gasteiger partial charge in [0.1, 0.15) is 5.58 Å². The Labute approximate surface area is 105 Å². The number of carbonyl (C=O) groups is 1. The van der Waals surface area contributed by atoms with Gasteiger partial charge < -0.3 is 15.1 Å². The predicted molar refractivity (Wildman–Crippen MR) is 69.1 cm³/mol. The number of hydrogen-bond donors (Lipinski definition) is 2. The third-order valence-corrected chi connectivity index (χ3v) is 3.41. The van der Waals surface area contributed by atoms with Crippen molar-refractivity contribution in [2.45, 2.75) is 25.4 Å². The van der Waals surface area contributed by atoms with Crippen molar-refractivity contribution in [1.82, 2.24) is 10.6 Å². The van der Waals surface area contributed by atoms with Crippen molar-refractivity contribution in [2.24, 2.45) is 0 Å². The molecule has 94 valence electrons. The summed E-state index contributed by atoms with van der Waals surface area (Å²) < 4.78 is 5.50. The Hall–Kier alpha value is -1.81. The molecular weight excluding hydrogens is 228 g/mol. The zero-order chi connectivity index (χ0) is 12.4. The fourth-order valence-electron chi connectivity index (χ4n) is 2.33. The summed E-state index contributed by atoms with van der Waals surface area (Å²) in [7, 11) is 0. The van der Waals surface area contributed by atoms with Gasteiger partial charge in [0.25, 0.3) is 0 Å². The first-order valence-corrected chi connectivity index (χ1v) is 6.28. The molecule has 2 N–H and O–H groups in total. The van der Waals surface area contributed by atoms with Gasteiger partial charge >= 0.3 is 0 Å². The quantitative estimate of drug-likeness (QED) is 0.865. The molecule has 1 fully saturated rings. The molecule has 0 aliphatic carbocycles. The van der Waals surface area contributed by atoms with Gasteiger partial charge in [0.05, 0.1) is 6.26 Å². The number of amides is 1. The van der Waals surface area contributed by atoms with E-state index in [1.807, 2.05) is 18.2 Å². The molecule has 0 saturated carbocycles. The minimum Gasteiger partial charge on any atom is -0.464 e. The molecule has 3 rings (SSSR count). The molecule has 0 bridgehead atoms. The van der Waals surface area contributed by atoms with Crippen LogP contribution < -0.4 is 10.6 Å². The number of carbonyl (C=O) groups excluding carboxylic acids is 1. The van der Waals surface area contributed by atoms with Crippen molar-refractivity contribution in [3.8, 4) is 0 Å². The van der Waals surface area contributed by atoms with E-state index in [0.29, 0.717) is 19.0 Å². The highest BCUT2D eigenvalue weighted by Gasteiger charge is 2.17. The zero-order valence-electron chi connectivity index (χ0n) is 10.1. The summed E-state index contributed by atoms with van der Waals surface area (Å²) in [5.41, 5.74) is 2.09. The van der Waals surface area contributed by atoms with Crippen molar-refractivity contribution in [3.63, 3.8) is 0 Å². The molecule has 4 heteroatoms. The fourth-order valence-corrected chi connectivity index (χ4v) is 2.33. The van der Waals surface area contributed by atoms with Gasteiger partial charge in [-0.2, -0.15) is 0 Å². The number of fused-ring (bicyclic) bond motifs is 1. The summed E-state index contributed by atoms with van der Waals surface area (Å²) in [6, 6.07) is 8.39. The summed E-state index contributed by atoms with van der Waals surface area (Å²) in [6.45, 7) is 1.49. The lowest BCUT2D eigenvalue weighted by Gasteiger charge is -2.23. The smallest absolute Gasteiger partial charge is 0.220 e. The van der Waals surface area contributed by atoms with Gasteiger partial charge in [-0.1, -0.05) is 18.2 Å². The Kier molecular flexibility index (Phi) is 3.02. The van der Waals surface area contributed by atoms with Crippen LogP contribution in [-0.4, -0.2) is 18.5 Å². The average Bonchev–Trinajstić information content (AvgIpc) is 2.82. The molecule has 1 atom stereocenters. The third-order valence-electron chi connectivity index (χ3n) is 3.41. The molecule has 0 radical (unpaired) electrons. The van der Waals surface area contributed by atoms with E-state index in [-0.39, 0.29) is 5.91 Å². The van der Waals surface area contributed by atoms with Gasteiger partial charge in [-0.25, -0.2) is 0 Å². The summed E-state index contributed by atoms with van der Waals surface area (Å²) in [4.78, 5) is 11.1. The van der Waals surface area contributed by atoms with Crippen LogP contribution in [0.15, 0.2) is 34.9 Å². The number of hydrogen-bond acceptors (Lipinski definition) is 3. The Morgan fingerprint density at radius 3 is 3.11 bits per heavy atom. The third kappa shape index (κ3) is 2.24. The van der Waals surface area contributed by atoms with Crippen molar-refractivity contribution in [3.05, 3.63) is 36.1 Å². The van der Waals surface area contributed by atoms with Crippen molar-refractivity contribution in [1.29, 1.82) is 0 Å². The number of para-hydroxylation sites is 1. The molecule has 1 aliphatic heterocycles. The van der Waals surface area contributed by atoms with E-state index < -0.39 is 0 Å². The topological polar surface area (TPSA) is 54.3 Å². The predicted octanol–water partition coefficient (Wildman–Crippen LogP) is 1.80. The highest BCUT2D eigenvalue weighted by atomic mass is 16.3. The lowest BCUT2D eigenvalue weighted by molar-refractivity contribution is -0.122. The van der Waals surface area contributed by atoms with Crippen LogP contribution in [0, 0.1) is 0 Å². The van der Waals surface area contributed by atoms with Crippen LogP contribution >= 0.6 is 0 Å². The maximum atomic E-state index is 11.1. The number of piperidine rings is 1. The van der Waals surface area contributed by atoms with Gasteiger partial charge in [0.15, 0.2) is 0 Å². The molecule has 1 aromatic heterocycles. The van der Waals surface area contributed by atoms with Crippen LogP contribution in [0.2, 0.25) is 0 Å². The van der Waals surface area contributed by atoms with E-state index in [4.69, 9.17) is 4.42 Å². The lowest BCUT2D eigenvalue weighted by Crippen LogP contribution is -2.45. The molecule has 0 spiro atoms. The summed E-state index contributed by atoms with van der Waals surface area (Å²) in [6.07, 6.45) is 3.32. The number of rotatable bonds is 3. The van der Waals surface area contributed by atoms with Gasteiger partial charge in [-0.3, -0.25) is 4.79 Å². The van der Waals surface area contributed by atoms with Gasteiger partial charge in [0, 0.05) is 36.5 Å². The van der Waals surface area contributed by atoms with Crippen LogP contribution in [0.5, 0.6) is 0 Å². The van der Waals surface area contributed by atoms with Crippen LogP contribution in [0.4, 0.5) is 0 Å². The lowest BCUT2D eigenvalue weighted by atomic mass is 10.1. The molecule has 1 amide bonds. The van der Waals surface area contributed by atoms with E-state index >= 15 is 0 Å². The number of nitrogens with one attached hydrogen (secondary N) is 2. The summed E-state index contributed by atoms with van der Waals surface area (Å²) in [5.74, 6) is 0.154. The number of benzene rings is 1. The Bertz CT molecular complexity index is 552. The van der Waals surface area contributed by atoms with Crippen LogP contribution in [0.25, 0.3) is 11.0 Å². The van der Waals surface area contributed by atoms with Crippen LogP contribution in [0.1, 0.15) is 18.4 Å². The van der Waals surface area contributed by atoms with Crippen molar-refractivity contribution < 1.29 is 9.21 Å². The van der Waals surface area contributed by atoms with E-state index in [2.05, 4.69) is 16.7 Å². The van der Waals surface area contributed by atoms with E-state index in [1.54, 1.807) is 6.26 Å². The van der Waals surface area contributed by atoms with Gasteiger partial charge in [-0.15, -0.1) is 0 Å². The first-order chi connectivity index (χ1) is 8.83. The van der Waals surface area contributed by atoms with E-state index in [0.717, 1.165) is 23.9 Å². The minimum absolute atomic E-state index is 0.154. The molecule has 1 aliphatic rings. The Morgan fingerprint density at radius 2 is 2.28 bits per heavy atom. The Morgan fingerprint density at radius 1 is 1.39 bits per heavy atom. The average molecular weight is 244 g/mol. The molecule has 1 aromatic carbocycles. The van der Waals surface area contributed by atoms with Crippen molar-refractivity contribution >= 4 is 16.9 Å². The zero-order valence-corrected chi connectivity index (χ0v) is 10.1. The van der Waals surface area contributed by atoms with Crippen LogP contribution in [0.3, 0.4) is 0 Å². The molecule has 1 saturated heterocycles. The molecule has 1 unspecified atom stereocenters. The van der Waals surface area contributed by atoms with Gasteiger partial charge in [0.2, 0.25) is 5.91 Å². The second-order valence-electron chi connectivity index (χ2n) is 4.68. The normalized spacial score (nSPS) is 20.0. The summed E-state index contributed by atoms with van der Waals surface area (Å²) >= 11 is 0. The standard InChI is InChI=1S/C14H16N2O2/c17-14-6-5-11(8-16-14)15-7-10-9-18-13-4-2-1-3-12(10)13/h1-4,9,11,15H,5-8H2,(H,16,17). The highest BCUT2D eigenvalue weighted by Crippen LogP contribution is 2.20. The SMILES string of the molecule is O=C1CCC(NCc2coc3ccccc23)CN1. The van der Waals surface area contributed by atoms with Crippen LogP contribution in [-0.2, 0) is 11.3 Å². The second-order valence-corrected chi connectivity index (χ2v) is 4.68. The first-order valence-electron chi connectivity index (χ1n) is 6.28. The number of furan rings is 1. The van der Waals surface area contributed by atoms with E-state index in [9.17, 15) is 4.79 Å². The van der Waals surface area contributed by atoms with Crippen molar-refractivity contribution in [2.75, 3.05) is 6.54 Å². The molecule has 4 nitrogen and oxygen atoms in total. The van der Waals surface area contributed by atoms with Gasteiger partial charge in [-0.05, 0) is 12.5 Å². The molecule has 18 heavy (non-hydrogen) atoms. The second kappa shape index (κ2) is 4.82. The minimum atomic E-state index is 0.154. The summed E-state index contributed by atoms with van der Waals surface area (Å²) in [5, 5.41) is 7.49. The molecular formula is C14H16N2O2. The largest absolute Gasteiger partial charge is 0.464 e. The molecule has 2 aromatic rings. The molecule has 2 heterocycles. The Balaban J connectivity index is 1.64. The highest BCUT2D eigenvalue weighted by molar-refractivity contribution is 5.80. The van der Waals surface area contributed by atoms with E-state index in [1.165, 1.54) is 5.56 Å². The maximum Gasteiger partial charge on any atom is 0.220 e. The monoisotopic (exact) mass is 244 g/mol. The fraction of sp³-hybridized carbons (Fsp3) is 0.357. The first kappa shape index (κ1) is 11.3.